The molecule has 23 heavy (non-hydrogen) atoms. The monoisotopic (exact) mass is 320 g/mol. The third-order valence-electron chi connectivity index (χ3n) is 3.79. The molecule has 0 radical (unpaired) electrons. The number of aromatic nitrogens is 2. The van der Waals surface area contributed by atoms with E-state index in [9.17, 15) is 18.7 Å². The van der Waals surface area contributed by atoms with Gasteiger partial charge in [0.15, 0.2) is 11.5 Å². The van der Waals surface area contributed by atoms with Gasteiger partial charge in [-0.05, 0) is 36.8 Å². The van der Waals surface area contributed by atoms with Crippen LogP contribution in [0.15, 0.2) is 30.3 Å². The van der Waals surface area contributed by atoms with E-state index in [0.29, 0.717) is 5.82 Å². The smallest absolute Gasteiger partial charge is 0.269 e. The number of hydrogen-bond donors (Lipinski definition) is 2. The molecular formula is C15H14F2N4O2. The molecule has 2 unspecified atom stereocenters. The van der Waals surface area contributed by atoms with E-state index in [1.165, 1.54) is 12.1 Å². The highest BCUT2D eigenvalue weighted by Gasteiger charge is 2.35. The first-order valence-electron chi connectivity index (χ1n) is 6.99. The minimum absolute atomic E-state index is 0.00183. The molecule has 3 N–H and O–H groups in total. The van der Waals surface area contributed by atoms with E-state index in [-0.39, 0.29) is 24.2 Å². The number of hydrogen-bond acceptors (Lipinski definition) is 5. The zero-order valence-corrected chi connectivity index (χ0v) is 12.0. The van der Waals surface area contributed by atoms with Crippen LogP contribution in [-0.2, 0) is 0 Å². The number of carbonyl (C=O) groups excluding carboxylic acids is 1. The van der Waals surface area contributed by atoms with Crippen molar-refractivity contribution in [1.29, 1.82) is 0 Å². The van der Waals surface area contributed by atoms with Crippen LogP contribution < -0.4 is 10.6 Å². The molecule has 8 heteroatoms. The van der Waals surface area contributed by atoms with Crippen LogP contribution >= 0.6 is 0 Å². The lowest BCUT2D eigenvalue weighted by molar-refractivity contribution is 0.0994. The van der Waals surface area contributed by atoms with E-state index < -0.39 is 29.7 Å². The van der Waals surface area contributed by atoms with Crippen LogP contribution in [0, 0.1) is 11.6 Å². The van der Waals surface area contributed by atoms with Crippen LogP contribution in [0.5, 0.6) is 0 Å². The lowest BCUT2D eigenvalue weighted by Crippen LogP contribution is -2.26. The Hall–Kier alpha value is -2.61. The van der Waals surface area contributed by atoms with Gasteiger partial charge >= 0.3 is 0 Å². The van der Waals surface area contributed by atoms with E-state index in [0.717, 1.165) is 18.2 Å². The lowest BCUT2D eigenvalue weighted by Gasteiger charge is -2.25. The Labute approximate surface area is 130 Å². The summed E-state index contributed by atoms with van der Waals surface area (Å²) in [5.41, 5.74) is 5.25. The summed E-state index contributed by atoms with van der Waals surface area (Å²) in [4.78, 5) is 12.7. The van der Waals surface area contributed by atoms with Crippen molar-refractivity contribution in [2.24, 2.45) is 5.73 Å². The molecule has 0 saturated carbocycles. The molecule has 2 heterocycles. The number of nitrogens with two attached hydrogens (primary N) is 1. The van der Waals surface area contributed by atoms with Crippen molar-refractivity contribution in [3.63, 3.8) is 0 Å². The van der Waals surface area contributed by atoms with Gasteiger partial charge in [-0.2, -0.15) is 0 Å². The van der Waals surface area contributed by atoms with Crippen LogP contribution in [-0.4, -0.2) is 33.9 Å². The van der Waals surface area contributed by atoms with Crippen molar-refractivity contribution in [2.45, 2.75) is 18.6 Å². The van der Waals surface area contributed by atoms with Gasteiger partial charge in [0.2, 0.25) is 0 Å². The largest absolute Gasteiger partial charge is 0.391 e. The Balaban J connectivity index is 1.96. The van der Waals surface area contributed by atoms with Crippen molar-refractivity contribution < 1.29 is 18.7 Å². The minimum Gasteiger partial charge on any atom is -0.391 e. The number of halogens is 2. The van der Waals surface area contributed by atoms with E-state index in [1.807, 2.05) is 0 Å². The third kappa shape index (κ3) is 2.98. The van der Waals surface area contributed by atoms with Gasteiger partial charge in [0.05, 0.1) is 12.1 Å². The molecule has 2 atom stereocenters. The predicted molar refractivity (Wildman–Crippen MR) is 77.6 cm³/mol. The first-order chi connectivity index (χ1) is 11.0. The molecule has 0 spiro atoms. The molecule has 1 fully saturated rings. The Bertz CT molecular complexity index is 739. The fourth-order valence-electron chi connectivity index (χ4n) is 2.74. The maximum Gasteiger partial charge on any atom is 0.269 e. The maximum atomic E-state index is 14.0. The highest BCUT2D eigenvalue weighted by molar-refractivity contribution is 5.90. The number of aliphatic hydroxyl groups is 1. The second-order valence-electron chi connectivity index (χ2n) is 5.36. The average molecular weight is 320 g/mol. The van der Waals surface area contributed by atoms with Crippen LogP contribution in [0.2, 0.25) is 0 Å². The molecule has 1 saturated heterocycles. The van der Waals surface area contributed by atoms with Gasteiger partial charge in [-0.15, -0.1) is 10.2 Å². The lowest BCUT2D eigenvalue weighted by atomic mass is 10.0. The number of nitrogens with zero attached hydrogens (tertiary/aromatic N) is 3. The molecule has 1 aromatic heterocycles. The van der Waals surface area contributed by atoms with Crippen molar-refractivity contribution in [3.05, 3.63) is 53.2 Å². The fourth-order valence-corrected chi connectivity index (χ4v) is 2.74. The molecular weight excluding hydrogens is 306 g/mol. The summed E-state index contributed by atoms with van der Waals surface area (Å²) in [5, 5.41) is 17.5. The van der Waals surface area contributed by atoms with E-state index >= 15 is 0 Å². The molecule has 0 aliphatic carbocycles. The summed E-state index contributed by atoms with van der Waals surface area (Å²) < 4.78 is 27.5. The number of β-amino-alcohol motifs (C(OH)–C–C–N with tert-alkyl or cyclic N) is 1. The Morgan fingerprint density at radius 3 is 2.70 bits per heavy atom. The predicted octanol–water partition coefficient (Wildman–Crippen LogP) is 1.17. The van der Waals surface area contributed by atoms with Crippen LogP contribution in [0.4, 0.5) is 14.6 Å². The second-order valence-corrected chi connectivity index (χ2v) is 5.36. The van der Waals surface area contributed by atoms with Gasteiger partial charge < -0.3 is 15.7 Å². The van der Waals surface area contributed by atoms with E-state index in [4.69, 9.17) is 5.73 Å². The number of aliphatic hydroxyl groups excluding tert-OH is 1. The Morgan fingerprint density at radius 2 is 2.04 bits per heavy atom. The zero-order valence-electron chi connectivity index (χ0n) is 12.0. The third-order valence-corrected chi connectivity index (χ3v) is 3.79. The summed E-state index contributed by atoms with van der Waals surface area (Å²) in [7, 11) is 0. The summed E-state index contributed by atoms with van der Waals surface area (Å²) in [6, 6.07) is 5.53. The van der Waals surface area contributed by atoms with Gasteiger partial charge in [0, 0.05) is 12.1 Å². The Morgan fingerprint density at radius 1 is 1.26 bits per heavy atom. The normalized spacial score (nSPS) is 20.7. The molecule has 2 aromatic rings. The number of carbonyl (C=O) groups is 1. The van der Waals surface area contributed by atoms with Gasteiger partial charge in [0.25, 0.3) is 5.91 Å². The summed E-state index contributed by atoms with van der Waals surface area (Å²) >= 11 is 0. The number of anilines is 1. The van der Waals surface area contributed by atoms with Crippen molar-refractivity contribution in [3.8, 4) is 0 Å². The molecule has 0 bridgehead atoms. The quantitative estimate of drug-likeness (QED) is 0.885. The molecule has 1 aliphatic rings. The average Bonchev–Trinajstić information content (AvgIpc) is 2.91. The summed E-state index contributed by atoms with van der Waals surface area (Å²) in [5.74, 6) is -1.48. The first kappa shape index (κ1) is 15.3. The number of amides is 1. The topological polar surface area (TPSA) is 92.3 Å². The molecule has 1 aliphatic heterocycles. The fraction of sp³-hybridized carbons (Fsp3) is 0.267. The van der Waals surface area contributed by atoms with E-state index in [1.54, 1.807) is 4.90 Å². The van der Waals surface area contributed by atoms with Crippen LogP contribution in [0.3, 0.4) is 0 Å². The van der Waals surface area contributed by atoms with Crippen molar-refractivity contribution in [1.82, 2.24) is 10.2 Å². The summed E-state index contributed by atoms with van der Waals surface area (Å²) in [6.45, 7) is 0.200. The van der Waals surface area contributed by atoms with Gasteiger partial charge in [-0.1, -0.05) is 0 Å². The van der Waals surface area contributed by atoms with E-state index in [2.05, 4.69) is 10.2 Å². The van der Waals surface area contributed by atoms with Crippen molar-refractivity contribution in [2.75, 3.05) is 11.4 Å². The first-order valence-corrected chi connectivity index (χ1v) is 6.99. The molecule has 3 rings (SSSR count). The van der Waals surface area contributed by atoms with Crippen LogP contribution in [0.25, 0.3) is 0 Å². The number of rotatable bonds is 3. The number of benzene rings is 1. The highest BCUT2D eigenvalue weighted by Crippen LogP contribution is 2.36. The Kier molecular flexibility index (Phi) is 3.91. The molecule has 1 amide bonds. The maximum absolute atomic E-state index is 14.0. The minimum atomic E-state index is -0.710. The van der Waals surface area contributed by atoms with Gasteiger partial charge in [-0.25, -0.2) is 8.78 Å². The van der Waals surface area contributed by atoms with Gasteiger partial charge in [-0.3, -0.25) is 4.79 Å². The SMILES string of the molecule is NC(=O)c1ccc(N2CC(O)CC2c2cc(F)ccc2F)nn1. The van der Waals surface area contributed by atoms with Crippen LogP contribution in [0.1, 0.15) is 28.5 Å². The highest BCUT2D eigenvalue weighted by atomic mass is 19.1. The number of primary amides is 1. The molecule has 120 valence electrons. The van der Waals surface area contributed by atoms with Crippen molar-refractivity contribution >= 4 is 11.7 Å². The molecule has 6 nitrogen and oxygen atoms in total. The standard InChI is InChI=1S/C15H14F2N4O2/c16-8-1-2-11(17)10(5-8)13-6-9(22)7-21(13)14-4-3-12(15(18)23)19-20-14/h1-5,9,13,22H,6-7H2,(H2,18,23). The summed E-state index contributed by atoms with van der Waals surface area (Å²) in [6.07, 6.45) is -0.472. The molecule has 1 aromatic carbocycles. The second kappa shape index (κ2) is 5.88. The van der Waals surface area contributed by atoms with Gasteiger partial charge in [0.1, 0.15) is 11.6 Å². The zero-order chi connectivity index (χ0) is 16.6.